The van der Waals surface area contributed by atoms with Crippen LogP contribution in [0.1, 0.15) is 10.4 Å². The Morgan fingerprint density at radius 2 is 2.13 bits per heavy atom. The molecule has 76 valence electrons. The molecule has 0 aliphatic carbocycles. The van der Waals surface area contributed by atoms with E-state index in [1.54, 1.807) is 0 Å². The smallest absolute Gasteiger partial charge is 0.350 e. The van der Waals surface area contributed by atoms with Crippen molar-refractivity contribution in [1.82, 2.24) is 0 Å². The Balaban J connectivity index is 2.98. The molecule has 1 heterocycles. The van der Waals surface area contributed by atoms with E-state index in [0.717, 1.165) is 12.1 Å². The lowest BCUT2D eigenvalue weighted by Crippen LogP contribution is -2.06. The van der Waals surface area contributed by atoms with Crippen LogP contribution in [-0.2, 0) is 0 Å². The maximum Gasteiger partial charge on any atom is 0.350 e. The maximum absolute atomic E-state index is 12.8. The highest BCUT2D eigenvalue weighted by Gasteiger charge is 2.13. The molecule has 1 aromatic carbocycles. The number of hydrogen-bond donors (Lipinski definition) is 1. The van der Waals surface area contributed by atoms with Gasteiger partial charge in [-0.05, 0) is 18.2 Å². The number of carbonyl (C=O) groups is 1. The van der Waals surface area contributed by atoms with E-state index in [0.29, 0.717) is 0 Å². The number of fused-ring (bicyclic) bond motifs is 1. The normalized spacial score (nSPS) is 10.5. The molecule has 2 aromatic rings. The molecular formula is C10H5FO4. The fraction of sp³-hybridized carbons (Fsp3) is 0. The molecule has 4 nitrogen and oxygen atoms in total. The summed E-state index contributed by atoms with van der Waals surface area (Å²) in [5.74, 6) is -1.15. The maximum atomic E-state index is 12.8. The summed E-state index contributed by atoms with van der Waals surface area (Å²) in [4.78, 5) is 21.6. The minimum atomic E-state index is -0.943. The van der Waals surface area contributed by atoms with E-state index >= 15 is 0 Å². The average Bonchev–Trinajstić information content (AvgIpc) is 2.20. The van der Waals surface area contributed by atoms with Crippen LogP contribution in [0.25, 0.3) is 11.0 Å². The van der Waals surface area contributed by atoms with Gasteiger partial charge in [0.1, 0.15) is 22.7 Å². The second-order valence-corrected chi connectivity index (χ2v) is 2.91. The summed E-state index contributed by atoms with van der Waals surface area (Å²) in [6.07, 6.45) is 0.172. The van der Waals surface area contributed by atoms with Gasteiger partial charge < -0.3 is 9.52 Å². The molecule has 0 unspecified atom stereocenters. The zero-order valence-corrected chi connectivity index (χ0v) is 7.36. The highest BCUT2D eigenvalue weighted by molar-refractivity contribution is 5.91. The van der Waals surface area contributed by atoms with Crippen LogP contribution in [0.4, 0.5) is 4.39 Å². The van der Waals surface area contributed by atoms with Gasteiger partial charge in [-0.15, -0.1) is 0 Å². The van der Waals surface area contributed by atoms with Crippen molar-refractivity contribution in [1.29, 1.82) is 0 Å². The van der Waals surface area contributed by atoms with Gasteiger partial charge in [-0.2, -0.15) is 0 Å². The predicted molar refractivity (Wildman–Crippen MR) is 49.5 cm³/mol. The van der Waals surface area contributed by atoms with Crippen LogP contribution in [0.5, 0.6) is 5.75 Å². The van der Waals surface area contributed by atoms with Crippen molar-refractivity contribution in [2.24, 2.45) is 0 Å². The minimum absolute atomic E-state index is 0.00306. The largest absolute Gasteiger partial charge is 0.506 e. The molecule has 1 aromatic heterocycles. The second-order valence-electron chi connectivity index (χ2n) is 2.91. The number of benzene rings is 1. The van der Waals surface area contributed by atoms with E-state index in [1.165, 1.54) is 6.07 Å². The molecule has 2 rings (SSSR count). The first-order chi connectivity index (χ1) is 7.13. The van der Waals surface area contributed by atoms with Crippen molar-refractivity contribution in [2.75, 3.05) is 0 Å². The van der Waals surface area contributed by atoms with Gasteiger partial charge in [0.25, 0.3) is 0 Å². The summed E-state index contributed by atoms with van der Waals surface area (Å²) in [5.41, 5.74) is -1.42. The number of hydrogen-bond acceptors (Lipinski definition) is 4. The van der Waals surface area contributed by atoms with Crippen LogP contribution in [0.15, 0.2) is 27.4 Å². The average molecular weight is 208 g/mol. The fourth-order valence-corrected chi connectivity index (χ4v) is 1.28. The minimum Gasteiger partial charge on any atom is -0.506 e. The topological polar surface area (TPSA) is 67.5 Å². The Labute approximate surface area is 82.6 Å². The monoisotopic (exact) mass is 208 g/mol. The molecule has 1 N–H and O–H groups in total. The van der Waals surface area contributed by atoms with E-state index in [9.17, 15) is 19.1 Å². The van der Waals surface area contributed by atoms with Gasteiger partial charge in [-0.1, -0.05) is 0 Å². The predicted octanol–water partition coefficient (Wildman–Crippen LogP) is 1.45. The van der Waals surface area contributed by atoms with Crippen LogP contribution >= 0.6 is 0 Å². The molecule has 5 heteroatoms. The van der Waals surface area contributed by atoms with Gasteiger partial charge in [0, 0.05) is 0 Å². The Bertz CT molecular complexity index is 600. The van der Waals surface area contributed by atoms with Crippen molar-refractivity contribution >= 4 is 17.3 Å². The standard InChI is InChI=1S/C10H5FO4/c11-5-1-2-8-6(3-5)9(13)7(4-12)10(14)15-8/h1-4,13H. The number of aromatic hydroxyl groups is 1. The van der Waals surface area contributed by atoms with Crippen molar-refractivity contribution in [3.05, 3.63) is 40.0 Å². The van der Waals surface area contributed by atoms with E-state index in [-0.39, 0.29) is 17.3 Å². The molecule has 0 saturated heterocycles. The number of halogens is 1. The van der Waals surface area contributed by atoms with Gasteiger partial charge in [-0.3, -0.25) is 4.79 Å². The lowest BCUT2D eigenvalue weighted by Gasteiger charge is -2.01. The molecule has 0 aliphatic heterocycles. The van der Waals surface area contributed by atoms with Crippen LogP contribution < -0.4 is 5.63 Å². The molecule has 15 heavy (non-hydrogen) atoms. The Morgan fingerprint density at radius 1 is 1.40 bits per heavy atom. The second kappa shape index (κ2) is 3.20. The third kappa shape index (κ3) is 1.38. The summed E-state index contributed by atoms with van der Waals surface area (Å²) in [6.45, 7) is 0. The molecule has 0 saturated carbocycles. The summed E-state index contributed by atoms with van der Waals surface area (Å²) >= 11 is 0. The molecule has 0 spiro atoms. The molecule has 0 atom stereocenters. The fourth-order valence-electron chi connectivity index (χ4n) is 1.28. The Kier molecular flexibility index (Phi) is 2.00. The number of carbonyl (C=O) groups excluding carboxylic acids is 1. The quantitative estimate of drug-likeness (QED) is 0.568. The zero-order valence-electron chi connectivity index (χ0n) is 7.36. The van der Waals surface area contributed by atoms with Crippen molar-refractivity contribution in [3.8, 4) is 5.75 Å². The number of rotatable bonds is 1. The SMILES string of the molecule is O=Cc1c(O)c2cc(F)ccc2oc1=O. The summed E-state index contributed by atoms with van der Waals surface area (Å²) in [5, 5.41) is 9.49. The van der Waals surface area contributed by atoms with Gasteiger partial charge in [0.2, 0.25) is 0 Å². The van der Waals surface area contributed by atoms with Crippen LogP contribution in [0.3, 0.4) is 0 Å². The van der Waals surface area contributed by atoms with E-state index in [4.69, 9.17) is 4.42 Å². The van der Waals surface area contributed by atoms with E-state index < -0.39 is 22.8 Å². The van der Waals surface area contributed by atoms with Crippen molar-refractivity contribution in [3.63, 3.8) is 0 Å². The zero-order chi connectivity index (χ0) is 11.0. The molecular weight excluding hydrogens is 203 g/mol. The highest BCUT2D eigenvalue weighted by Crippen LogP contribution is 2.25. The molecule has 0 fully saturated rings. The van der Waals surface area contributed by atoms with Gasteiger partial charge in [-0.25, -0.2) is 9.18 Å². The van der Waals surface area contributed by atoms with Crippen LogP contribution in [0.2, 0.25) is 0 Å². The van der Waals surface area contributed by atoms with Crippen LogP contribution in [-0.4, -0.2) is 11.4 Å². The summed E-state index contributed by atoms with van der Waals surface area (Å²) in [6, 6.07) is 3.28. The molecule has 0 aliphatic rings. The van der Waals surface area contributed by atoms with Crippen molar-refractivity contribution in [2.45, 2.75) is 0 Å². The van der Waals surface area contributed by atoms with Crippen LogP contribution in [0, 0.1) is 5.82 Å². The first kappa shape index (κ1) is 9.39. The summed E-state index contributed by atoms with van der Waals surface area (Å²) in [7, 11) is 0. The highest BCUT2D eigenvalue weighted by atomic mass is 19.1. The Hall–Kier alpha value is -2.17. The Morgan fingerprint density at radius 3 is 2.80 bits per heavy atom. The van der Waals surface area contributed by atoms with E-state index in [1.807, 2.05) is 0 Å². The first-order valence-corrected chi connectivity index (χ1v) is 4.04. The lowest BCUT2D eigenvalue weighted by molar-refractivity contribution is 0.111. The third-order valence-electron chi connectivity index (χ3n) is 1.99. The third-order valence-corrected chi connectivity index (χ3v) is 1.99. The summed E-state index contributed by atoms with van der Waals surface area (Å²) < 4.78 is 17.5. The molecule has 0 radical (unpaired) electrons. The first-order valence-electron chi connectivity index (χ1n) is 4.04. The lowest BCUT2D eigenvalue weighted by atomic mass is 10.1. The molecule has 0 amide bonds. The van der Waals surface area contributed by atoms with Gasteiger partial charge >= 0.3 is 5.63 Å². The molecule has 0 bridgehead atoms. The van der Waals surface area contributed by atoms with Gasteiger partial charge in [0.05, 0.1) is 5.39 Å². The number of aldehydes is 1. The van der Waals surface area contributed by atoms with Crippen molar-refractivity contribution < 1.29 is 18.7 Å². The van der Waals surface area contributed by atoms with E-state index in [2.05, 4.69) is 0 Å². The van der Waals surface area contributed by atoms with Gasteiger partial charge in [0.15, 0.2) is 6.29 Å².